The van der Waals surface area contributed by atoms with Crippen molar-refractivity contribution >= 4 is 17.4 Å². The third kappa shape index (κ3) is 2.17. The maximum absolute atomic E-state index is 13.0. The second kappa shape index (κ2) is 4.53. The van der Waals surface area contributed by atoms with E-state index in [1.807, 2.05) is 13.0 Å². The molecular formula is C11H11ClFN3. The van der Waals surface area contributed by atoms with E-state index in [1.165, 1.54) is 6.07 Å². The number of hydrogen-bond acceptors (Lipinski definition) is 2. The van der Waals surface area contributed by atoms with Crippen LogP contribution in [0.4, 0.5) is 10.2 Å². The summed E-state index contributed by atoms with van der Waals surface area (Å²) < 4.78 is 13.0. The fourth-order valence-corrected chi connectivity index (χ4v) is 1.59. The second-order valence-corrected chi connectivity index (χ2v) is 3.73. The molecule has 16 heavy (non-hydrogen) atoms. The Bertz CT molecular complexity index is 496. The Morgan fingerprint density at radius 3 is 2.94 bits per heavy atom. The Kier molecular flexibility index (Phi) is 3.10. The highest BCUT2D eigenvalue weighted by Crippen LogP contribution is 2.24. The van der Waals surface area contributed by atoms with E-state index < -0.39 is 5.82 Å². The molecule has 0 saturated heterocycles. The van der Waals surface area contributed by atoms with Gasteiger partial charge in [-0.1, -0.05) is 11.6 Å². The number of hydrogen-bond donors (Lipinski definition) is 2. The number of nitrogens with zero attached hydrogens (tertiary/aromatic N) is 1. The highest BCUT2D eigenvalue weighted by molar-refractivity contribution is 6.31. The first-order valence-electron chi connectivity index (χ1n) is 4.95. The van der Waals surface area contributed by atoms with E-state index in [2.05, 4.69) is 15.5 Å². The number of rotatable bonds is 3. The van der Waals surface area contributed by atoms with Gasteiger partial charge in [-0.3, -0.25) is 5.10 Å². The summed E-state index contributed by atoms with van der Waals surface area (Å²) in [7, 11) is 0. The minimum Gasteiger partial charge on any atom is -0.369 e. The van der Waals surface area contributed by atoms with Crippen LogP contribution in [0.15, 0.2) is 24.3 Å². The van der Waals surface area contributed by atoms with Crippen molar-refractivity contribution in [2.45, 2.75) is 6.92 Å². The lowest BCUT2D eigenvalue weighted by atomic mass is 10.1. The van der Waals surface area contributed by atoms with Crippen LogP contribution < -0.4 is 5.32 Å². The lowest BCUT2D eigenvalue weighted by Gasteiger charge is -1.98. The molecule has 2 aromatic rings. The molecule has 0 saturated carbocycles. The quantitative estimate of drug-likeness (QED) is 0.863. The van der Waals surface area contributed by atoms with Crippen LogP contribution in [0, 0.1) is 5.82 Å². The van der Waals surface area contributed by atoms with Crippen LogP contribution in [0.25, 0.3) is 11.3 Å². The predicted octanol–water partition coefficient (Wildman–Crippen LogP) is 3.30. The van der Waals surface area contributed by atoms with E-state index in [-0.39, 0.29) is 5.02 Å². The number of aromatic nitrogens is 2. The van der Waals surface area contributed by atoms with Crippen LogP contribution >= 0.6 is 11.6 Å². The molecule has 0 aliphatic rings. The Labute approximate surface area is 97.6 Å². The van der Waals surface area contributed by atoms with Gasteiger partial charge in [0.05, 0.1) is 10.7 Å². The zero-order valence-corrected chi connectivity index (χ0v) is 9.48. The predicted molar refractivity (Wildman–Crippen MR) is 63.2 cm³/mol. The summed E-state index contributed by atoms with van der Waals surface area (Å²) in [5, 5.41) is 10.1. The first kappa shape index (κ1) is 11.0. The molecule has 3 nitrogen and oxygen atoms in total. The third-order valence-electron chi connectivity index (χ3n) is 2.17. The van der Waals surface area contributed by atoms with Gasteiger partial charge in [-0.2, -0.15) is 5.10 Å². The highest BCUT2D eigenvalue weighted by atomic mass is 35.5. The van der Waals surface area contributed by atoms with E-state index in [9.17, 15) is 4.39 Å². The zero-order chi connectivity index (χ0) is 11.5. The summed E-state index contributed by atoms with van der Waals surface area (Å²) in [4.78, 5) is 0. The number of anilines is 1. The fraction of sp³-hybridized carbons (Fsp3) is 0.182. The van der Waals surface area contributed by atoms with Gasteiger partial charge in [0.1, 0.15) is 11.6 Å². The number of benzene rings is 1. The van der Waals surface area contributed by atoms with Crippen LogP contribution in [0.2, 0.25) is 5.02 Å². The van der Waals surface area contributed by atoms with E-state index in [0.29, 0.717) is 0 Å². The van der Waals surface area contributed by atoms with Crippen molar-refractivity contribution in [1.82, 2.24) is 10.2 Å². The minimum absolute atomic E-state index is 0.108. The van der Waals surface area contributed by atoms with Crippen molar-refractivity contribution in [2.75, 3.05) is 11.9 Å². The summed E-state index contributed by atoms with van der Waals surface area (Å²) in [6.45, 7) is 2.79. The molecular weight excluding hydrogens is 229 g/mol. The highest BCUT2D eigenvalue weighted by Gasteiger charge is 2.05. The summed E-state index contributed by atoms with van der Waals surface area (Å²) in [5.41, 5.74) is 1.61. The van der Waals surface area contributed by atoms with Crippen molar-refractivity contribution in [1.29, 1.82) is 0 Å². The monoisotopic (exact) mass is 239 g/mol. The molecule has 1 aromatic carbocycles. The van der Waals surface area contributed by atoms with Gasteiger partial charge in [0.25, 0.3) is 0 Å². The Morgan fingerprint density at radius 1 is 1.44 bits per heavy atom. The average Bonchev–Trinajstić information content (AvgIpc) is 2.71. The van der Waals surface area contributed by atoms with Gasteiger partial charge in [-0.05, 0) is 25.1 Å². The van der Waals surface area contributed by atoms with Gasteiger partial charge < -0.3 is 5.32 Å². The molecule has 2 rings (SSSR count). The molecule has 0 atom stereocenters. The SMILES string of the molecule is CCNc1cc(-c2ccc(F)c(Cl)c2)[nH]n1. The second-order valence-electron chi connectivity index (χ2n) is 3.33. The molecule has 0 spiro atoms. The minimum atomic E-state index is -0.420. The van der Waals surface area contributed by atoms with Crippen LogP contribution in [0.1, 0.15) is 6.92 Å². The molecule has 0 radical (unpaired) electrons. The Hall–Kier alpha value is -1.55. The molecule has 1 aromatic heterocycles. The van der Waals surface area contributed by atoms with Gasteiger partial charge in [0.2, 0.25) is 0 Å². The Morgan fingerprint density at radius 2 is 2.25 bits per heavy atom. The lowest BCUT2D eigenvalue weighted by Crippen LogP contribution is -1.95. The maximum atomic E-state index is 13.0. The standard InChI is InChI=1S/C11H11ClFN3/c1-2-14-11-6-10(15-16-11)7-3-4-9(13)8(12)5-7/h3-6H,2H2,1H3,(H2,14,15,16). The normalized spacial score (nSPS) is 10.4. The largest absolute Gasteiger partial charge is 0.369 e. The van der Waals surface area contributed by atoms with Crippen molar-refractivity contribution in [3.05, 3.63) is 35.1 Å². The number of H-pyrrole nitrogens is 1. The first-order valence-corrected chi connectivity index (χ1v) is 5.33. The summed E-state index contributed by atoms with van der Waals surface area (Å²) in [5.74, 6) is 0.342. The van der Waals surface area contributed by atoms with Gasteiger partial charge in [-0.25, -0.2) is 4.39 Å². The van der Waals surface area contributed by atoms with Gasteiger partial charge in [0.15, 0.2) is 0 Å². The molecule has 0 aliphatic carbocycles. The van der Waals surface area contributed by atoms with Crippen LogP contribution in [-0.4, -0.2) is 16.7 Å². The van der Waals surface area contributed by atoms with Crippen LogP contribution in [0.3, 0.4) is 0 Å². The fourth-order valence-electron chi connectivity index (χ4n) is 1.40. The molecule has 1 heterocycles. The number of nitrogens with one attached hydrogen (secondary N) is 2. The Balaban J connectivity index is 2.31. The van der Waals surface area contributed by atoms with Gasteiger partial charge in [0, 0.05) is 18.2 Å². The van der Waals surface area contributed by atoms with Gasteiger partial charge >= 0.3 is 0 Å². The van der Waals surface area contributed by atoms with E-state index >= 15 is 0 Å². The van der Waals surface area contributed by atoms with Crippen molar-refractivity contribution in [3.8, 4) is 11.3 Å². The average molecular weight is 240 g/mol. The topological polar surface area (TPSA) is 40.7 Å². The molecule has 0 amide bonds. The van der Waals surface area contributed by atoms with Crippen LogP contribution in [-0.2, 0) is 0 Å². The number of halogens is 2. The van der Waals surface area contributed by atoms with Crippen molar-refractivity contribution < 1.29 is 4.39 Å². The summed E-state index contributed by atoms with van der Waals surface area (Å²) >= 11 is 5.71. The first-order chi connectivity index (χ1) is 7.70. The van der Waals surface area contributed by atoms with E-state index in [1.54, 1.807) is 12.1 Å². The van der Waals surface area contributed by atoms with Crippen molar-refractivity contribution in [3.63, 3.8) is 0 Å². The van der Waals surface area contributed by atoms with E-state index in [4.69, 9.17) is 11.6 Å². The zero-order valence-electron chi connectivity index (χ0n) is 8.72. The maximum Gasteiger partial charge on any atom is 0.148 e. The van der Waals surface area contributed by atoms with Gasteiger partial charge in [-0.15, -0.1) is 0 Å². The molecule has 84 valence electrons. The summed E-state index contributed by atoms with van der Waals surface area (Å²) in [6, 6.07) is 6.42. The summed E-state index contributed by atoms with van der Waals surface area (Å²) in [6.07, 6.45) is 0. The van der Waals surface area contributed by atoms with E-state index in [0.717, 1.165) is 23.6 Å². The third-order valence-corrected chi connectivity index (χ3v) is 2.46. The van der Waals surface area contributed by atoms with Crippen molar-refractivity contribution in [2.24, 2.45) is 0 Å². The molecule has 0 fully saturated rings. The lowest BCUT2D eigenvalue weighted by molar-refractivity contribution is 0.628. The smallest absolute Gasteiger partial charge is 0.148 e. The molecule has 0 unspecified atom stereocenters. The number of aromatic amines is 1. The molecule has 5 heteroatoms. The van der Waals surface area contributed by atoms with Crippen LogP contribution in [0.5, 0.6) is 0 Å². The molecule has 2 N–H and O–H groups in total. The molecule has 0 aliphatic heterocycles. The molecule has 0 bridgehead atoms.